The number of aliphatic hydroxyl groups excluding tert-OH is 1. The minimum atomic E-state index is -2.83. The van der Waals surface area contributed by atoms with Crippen molar-refractivity contribution >= 4 is 6.09 Å². The molecule has 1 amide bonds. The first-order valence-corrected chi connectivity index (χ1v) is 6.13. The third kappa shape index (κ3) is 4.40. The number of likely N-dealkylation sites (tertiary alicyclic amines) is 1. The molecule has 1 heterocycles. The van der Waals surface area contributed by atoms with Crippen LogP contribution in [0.1, 0.15) is 40.0 Å². The van der Waals surface area contributed by atoms with Gasteiger partial charge in [-0.15, -0.1) is 0 Å². The smallest absolute Gasteiger partial charge is 0.410 e. The molecule has 0 bridgehead atoms. The highest BCUT2D eigenvalue weighted by molar-refractivity contribution is 5.68. The summed E-state index contributed by atoms with van der Waals surface area (Å²) < 4.78 is 31.9. The summed E-state index contributed by atoms with van der Waals surface area (Å²) in [6, 6.07) is -0.877. The van der Waals surface area contributed by atoms with Crippen LogP contribution in [0.2, 0.25) is 0 Å². The van der Waals surface area contributed by atoms with Gasteiger partial charge in [0.15, 0.2) is 0 Å². The first-order valence-electron chi connectivity index (χ1n) is 6.13. The van der Waals surface area contributed by atoms with Gasteiger partial charge >= 0.3 is 6.09 Å². The van der Waals surface area contributed by atoms with Crippen molar-refractivity contribution in [2.75, 3.05) is 13.2 Å². The summed E-state index contributed by atoms with van der Waals surface area (Å²) >= 11 is 0. The van der Waals surface area contributed by atoms with Crippen molar-refractivity contribution in [1.82, 2.24) is 4.90 Å². The first kappa shape index (κ1) is 15.1. The number of amides is 1. The number of carbonyl (C=O) groups excluding carboxylic acids is 1. The third-order valence-electron chi connectivity index (χ3n) is 2.76. The lowest BCUT2D eigenvalue weighted by atomic mass is 10.1. The van der Waals surface area contributed by atoms with Crippen molar-refractivity contribution in [3.8, 4) is 0 Å². The second-order valence-corrected chi connectivity index (χ2v) is 5.67. The van der Waals surface area contributed by atoms with E-state index in [1.54, 1.807) is 20.8 Å². The number of rotatable bonds is 1. The van der Waals surface area contributed by atoms with Crippen LogP contribution in [0.25, 0.3) is 0 Å². The van der Waals surface area contributed by atoms with Crippen LogP contribution >= 0.6 is 0 Å². The minimum absolute atomic E-state index is 0.190. The normalized spacial score (nSPS) is 24.6. The predicted molar refractivity (Wildman–Crippen MR) is 62.6 cm³/mol. The summed E-state index contributed by atoms with van der Waals surface area (Å²) in [6.45, 7) is 4.85. The molecule has 6 heteroatoms. The molecule has 1 fully saturated rings. The summed E-state index contributed by atoms with van der Waals surface area (Å²) in [5, 5.41) is 9.18. The molecule has 0 aromatic rings. The fourth-order valence-electron chi connectivity index (χ4n) is 1.97. The van der Waals surface area contributed by atoms with Crippen molar-refractivity contribution in [2.24, 2.45) is 0 Å². The highest BCUT2D eigenvalue weighted by Gasteiger charge is 2.40. The van der Waals surface area contributed by atoms with Gasteiger partial charge in [0.2, 0.25) is 5.92 Å². The molecular formula is C12H21F2NO3. The Morgan fingerprint density at radius 1 is 1.50 bits per heavy atom. The van der Waals surface area contributed by atoms with Crippen LogP contribution < -0.4 is 0 Å². The van der Waals surface area contributed by atoms with Gasteiger partial charge in [-0.2, -0.15) is 0 Å². The van der Waals surface area contributed by atoms with Crippen LogP contribution in [-0.2, 0) is 4.74 Å². The largest absolute Gasteiger partial charge is 0.444 e. The molecule has 1 rings (SSSR count). The number of ether oxygens (including phenoxy) is 1. The van der Waals surface area contributed by atoms with Gasteiger partial charge in [-0.1, -0.05) is 0 Å². The molecule has 106 valence electrons. The number of aliphatic hydroxyl groups is 1. The Morgan fingerprint density at radius 3 is 2.61 bits per heavy atom. The van der Waals surface area contributed by atoms with E-state index in [0.29, 0.717) is 0 Å². The quantitative estimate of drug-likeness (QED) is 0.792. The molecule has 0 aromatic heterocycles. The monoisotopic (exact) mass is 265 g/mol. The Kier molecular flexibility index (Phi) is 4.53. The average molecular weight is 265 g/mol. The molecule has 0 aromatic carbocycles. The van der Waals surface area contributed by atoms with Crippen LogP contribution in [0.5, 0.6) is 0 Å². The van der Waals surface area contributed by atoms with Crippen LogP contribution in [0.3, 0.4) is 0 Å². The zero-order valence-electron chi connectivity index (χ0n) is 11.1. The Balaban J connectivity index is 2.76. The molecule has 1 aliphatic rings. The fourth-order valence-corrected chi connectivity index (χ4v) is 1.97. The van der Waals surface area contributed by atoms with Crippen LogP contribution in [-0.4, -0.2) is 46.8 Å². The van der Waals surface area contributed by atoms with E-state index in [1.165, 1.54) is 4.90 Å². The van der Waals surface area contributed by atoms with Gasteiger partial charge in [0.05, 0.1) is 12.6 Å². The molecule has 4 nitrogen and oxygen atoms in total. The zero-order chi connectivity index (χ0) is 14.0. The van der Waals surface area contributed by atoms with E-state index in [1.807, 2.05) is 0 Å². The first-order chi connectivity index (χ1) is 8.14. The van der Waals surface area contributed by atoms with E-state index in [0.717, 1.165) is 0 Å². The highest BCUT2D eigenvalue weighted by atomic mass is 19.3. The molecule has 1 N–H and O–H groups in total. The number of carbonyl (C=O) groups is 1. The molecule has 0 unspecified atom stereocenters. The molecule has 1 atom stereocenters. The van der Waals surface area contributed by atoms with Gasteiger partial charge in [-0.05, 0) is 27.2 Å². The standard InChI is InChI=1S/C12H21F2NO3/c1-11(2,3)18-10(17)15-6-4-5-12(13,14)7-9(15)8-16/h9,16H,4-8H2,1-3H3/t9-/m0/s1. The summed E-state index contributed by atoms with van der Waals surface area (Å²) in [5.74, 6) is -2.83. The Bertz CT molecular complexity index is 302. The summed E-state index contributed by atoms with van der Waals surface area (Å²) in [7, 11) is 0. The molecular weight excluding hydrogens is 244 g/mol. The van der Waals surface area contributed by atoms with E-state index in [2.05, 4.69) is 0 Å². The summed E-state index contributed by atoms with van der Waals surface area (Å²) in [6.07, 6.45) is -1.20. The third-order valence-corrected chi connectivity index (χ3v) is 2.76. The maximum Gasteiger partial charge on any atom is 0.410 e. The van der Waals surface area contributed by atoms with Gasteiger partial charge in [0, 0.05) is 19.4 Å². The topological polar surface area (TPSA) is 49.8 Å². The number of nitrogens with zero attached hydrogens (tertiary/aromatic N) is 1. The lowest BCUT2D eigenvalue weighted by Gasteiger charge is -2.31. The number of hydrogen-bond donors (Lipinski definition) is 1. The number of halogens is 2. The van der Waals surface area contributed by atoms with Crippen molar-refractivity contribution in [2.45, 2.75) is 57.6 Å². The predicted octanol–water partition coefficient (Wildman–Crippen LogP) is 2.40. The molecule has 1 saturated heterocycles. The van der Waals surface area contributed by atoms with Gasteiger partial charge < -0.3 is 14.7 Å². The van der Waals surface area contributed by atoms with E-state index >= 15 is 0 Å². The second-order valence-electron chi connectivity index (χ2n) is 5.67. The Labute approximate surface area is 106 Å². The van der Waals surface area contributed by atoms with Crippen LogP contribution in [0, 0.1) is 0 Å². The number of alkyl halides is 2. The lowest BCUT2D eigenvalue weighted by Crippen LogP contribution is -2.45. The maximum absolute atomic E-state index is 13.4. The van der Waals surface area contributed by atoms with Gasteiger partial charge in [-0.25, -0.2) is 13.6 Å². The fraction of sp³-hybridized carbons (Fsp3) is 0.917. The van der Waals surface area contributed by atoms with Crippen LogP contribution in [0.4, 0.5) is 13.6 Å². The second kappa shape index (κ2) is 5.38. The van der Waals surface area contributed by atoms with Gasteiger partial charge in [0.25, 0.3) is 0 Å². The summed E-state index contributed by atoms with van der Waals surface area (Å²) in [4.78, 5) is 13.1. The molecule has 0 aliphatic carbocycles. The van der Waals surface area contributed by atoms with E-state index < -0.39 is 36.7 Å². The molecule has 0 radical (unpaired) electrons. The molecule has 0 spiro atoms. The Hall–Kier alpha value is -0.910. The molecule has 18 heavy (non-hydrogen) atoms. The van der Waals surface area contributed by atoms with Crippen molar-refractivity contribution < 1.29 is 23.4 Å². The van der Waals surface area contributed by atoms with Crippen LogP contribution in [0.15, 0.2) is 0 Å². The lowest BCUT2D eigenvalue weighted by molar-refractivity contribution is -0.0359. The summed E-state index contributed by atoms with van der Waals surface area (Å²) in [5.41, 5.74) is -0.675. The number of hydrogen-bond acceptors (Lipinski definition) is 3. The SMILES string of the molecule is CC(C)(C)OC(=O)N1CCCC(F)(F)C[C@H]1CO. The van der Waals surface area contributed by atoms with E-state index in [9.17, 15) is 18.7 Å². The van der Waals surface area contributed by atoms with Crippen molar-refractivity contribution in [3.63, 3.8) is 0 Å². The maximum atomic E-state index is 13.4. The van der Waals surface area contributed by atoms with E-state index in [-0.39, 0.29) is 19.4 Å². The van der Waals surface area contributed by atoms with E-state index in [4.69, 9.17) is 4.74 Å². The average Bonchev–Trinajstić information content (AvgIpc) is 2.33. The molecule has 1 aliphatic heterocycles. The zero-order valence-corrected chi connectivity index (χ0v) is 11.1. The highest BCUT2D eigenvalue weighted by Crippen LogP contribution is 2.31. The van der Waals surface area contributed by atoms with Crippen molar-refractivity contribution in [3.05, 3.63) is 0 Å². The van der Waals surface area contributed by atoms with Crippen molar-refractivity contribution in [1.29, 1.82) is 0 Å². The van der Waals surface area contributed by atoms with Gasteiger partial charge in [-0.3, -0.25) is 0 Å². The Morgan fingerprint density at radius 2 is 2.11 bits per heavy atom. The minimum Gasteiger partial charge on any atom is -0.444 e. The molecule has 0 saturated carbocycles. The van der Waals surface area contributed by atoms with Gasteiger partial charge in [0.1, 0.15) is 5.60 Å².